The van der Waals surface area contributed by atoms with Gasteiger partial charge in [0.25, 0.3) is 5.91 Å². The molecule has 6 heteroatoms. The first kappa shape index (κ1) is 11.4. The Morgan fingerprint density at radius 1 is 1.53 bits per heavy atom. The number of benzene rings is 1. The molecule has 1 aromatic rings. The number of nitrogens with two attached hydrogens (primary N) is 1. The highest BCUT2D eigenvalue weighted by Gasteiger charge is 2.24. The fourth-order valence-electron chi connectivity index (χ4n) is 1.69. The van der Waals surface area contributed by atoms with Crippen molar-refractivity contribution in [3.05, 3.63) is 29.6 Å². The molecular weight excluding hydrogens is 225 g/mol. The molecule has 0 spiro atoms. The number of carbonyl (C=O) groups is 2. The van der Waals surface area contributed by atoms with Crippen LogP contribution in [0.5, 0.6) is 0 Å². The fourth-order valence-corrected chi connectivity index (χ4v) is 1.69. The lowest BCUT2D eigenvalue weighted by atomic mass is 10.1. The van der Waals surface area contributed by atoms with Crippen molar-refractivity contribution >= 4 is 17.5 Å². The minimum atomic E-state index is -0.667. The number of amides is 2. The van der Waals surface area contributed by atoms with Crippen LogP contribution < -0.4 is 16.4 Å². The smallest absolute Gasteiger partial charge is 0.254 e. The van der Waals surface area contributed by atoms with Gasteiger partial charge in [0.05, 0.1) is 11.6 Å². The molecule has 2 rings (SSSR count). The summed E-state index contributed by atoms with van der Waals surface area (Å²) in [5, 5.41) is 5.17. The van der Waals surface area contributed by atoms with E-state index in [4.69, 9.17) is 5.73 Å². The SMILES string of the molecule is Nc1ccc(C(=O)NC2CNC(=O)C2)c(F)c1. The van der Waals surface area contributed by atoms with Gasteiger partial charge in [0, 0.05) is 18.7 Å². The molecule has 5 nitrogen and oxygen atoms in total. The Bertz CT molecular complexity index is 476. The molecule has 1 unspecified atom stereocenters. The van der Waals surface area contributed by atoms with Crippen LogP contribution in [0.1, 0.15) is 16.8 Å². The van der Waals surface area contributed by atoms with Crippen molar-refractivity contribution in [3.63, 3.8) is 0 Å². The molecule has 4 N–H and O–H groups in total. The second-order valence-corrected chi connectivity index (χ2v) is 3.92. The highest BCUT2D eigenvalue weighted by molar-refractivity contribution is 5.95. The van der Waals surface area contributed by atoms with E-state index >= 15 is 0 Å². The maximum absolute atomic E-state index is 13.4. The zero-order chi connectivity index (χ0) is 12.4. The molecule has 90 valence electrons. The van der Waals surface area contributed by atoms with Crippen LogP contribution in [0.4, 0.5) is 10.1 Å². The van der Waals surface area contributed by atoms with Crippen LogP contribution in [0.25, 0.3) is 0 Å². The molecule has 0 aliphatic carbocycles. The number of hydrogen-bond donors (Lipinski definition) is 3. The van der Waals surface area contributed by atoms with Crippen molar-refractivity contribution in [1.29, 1.82) is 0 Å². The third kappa shape index (κ3) is 2.52. The van der Waals surface area contributed by atoms with Crippen LogP contribution >= 0.6 is 0 Å². The van der Waals surface area contributed by atoms with E-state index in [1.807, 2.05) is 0 Å². The predicted octanol–water partition coefficient (Wildman–Crippen LogP) is 0.0262. The summed E-state index contributed by atoms with van der Waals surface area (Å²) < 4.78 is 13.4. The Balaban J connectivity index is 2.07. The second-order valence-electron chi connectivity index (χ2n) is 3.92. The van der Waals surface area contributed by atoms with Crippen molar-refractivity contribution < 1.29 is 14.0 Å². The topological polar surface area (TPSA) is 84.2 Å². The van der Waals surface area contributed by atoms with Gasteiger partial charge in [-0.25, -0.2) is 4.39 Å². The summed E-state index contributed by atoms with van der Waals surface area (Å²) in [6.45, 7) is 0.376. The number of anilines is 1. The van der Waals surface area contributed by atoms with Gasteiger partial charge in [0.2, 0.25) is 5.91 Å². The van der Waals surface area contributed by atoms with Gasteiger partial charge < -0.3 is 16.4 Å². The van der Waals surface area contributed by atoms with Crippen LogP contribution in [-0.2, 0) is 4.79 Å². The van der Waals surface area contributed by atoms with Crippen LogP contribution in [0, 0.1) is 5.82 Å². The summed E-state index contributed by atoms with van der Waals surface area (Å²) in [6, 6.07) is 3.58. The number of rotatable bonds is 2. The van der Waals surface area contributed by atoms with E-state index in [1.165, 1.54) is 12.1 Å². The lowest BCUT2D eigenvalue weighted by Crippen LogP contribution is -2.36. The van der Waals surface area contributed by atoms with E-state index in [2.05, 4.69) is 10.6 Å². The average molecular weight is 237 g/mol. The van der Waals surface area contributed by atoms with Gasteiger partial charge >= 0.3 is 0 Å². The summed E-state index contributed by atoms with van der Waals surface area (Å²) in [6.07, 6.45) is 0.225. The summed E-state index contributed by atoms with van der Waals surface area (Å²) in [5.74, 6) is -1.32. The van der Waals surface area contributed by atoms with Gasteiger partial charge in [0.15, 0.2) is 0 Å². The van der Waals surface area contributed by atoms with Crippen molar-refractivity contribution in [2.24, 2.45) is 0 Å². The molecule has 0 aromatic heterocycles. The molecule has 1 aliphatic heterocycles. The zero-order valence-corrected chi connectivity index (χ0v) is 9.00. The Labute approximate surface area is 97.2 Å². The lowest BCUT2D eigenvalue weighted by molar-refractivity contribution is -0.119. The number of hydrogen-bond acceptors (Lipinski definition) is 3. The molecule has 17 heavy (non-hydrogen) atoms. The van der Waals surface area contributed by atoms with Gasteiger partial charge in [0.1, 0.15) is 5.82 Å². The number of halogens is 1. The third-order valence-electron chi connectivity index (χ3n) is 2.55. The highest BCUT2D eigenvalue weighted by Crippen LogP contribution is 2.12. The number of nitrogens with one attached hydrogen (secondary N) is 2. The molecule has 1 fully saturated rings. The van der Waals surface area contributed by atoms with Crippen molar-refractivity contribution in [3.8, 4) is 0 Å². The van der Waals surface area contributed by atoms with E-state index in [-0.39, 0.29) is 29.6 Å². The standard InChI is InChI=1S/C11H12FN3O2/c12-9-3-6(13)1-2-8(9)11(17)15-7-4-10(16)14-5-7/h1-3,7H,4-5,13H2,(H,14,16)(H,15,17). The molecule has 0 saturated carbocycles. The van der Waals surface area contributed by atoms with Gasteiger partial charge in [-0.15, -0.1) is 0 Å². The van der Waals surface area contributed by atoms with Crippen molar-refractivity contribution in [2.45, 2.75) is 12.5 Å². The minimum absolute atomic E-state index is 0.0708. The van der Waals surface area contributed by atoms with Gasteiger partial charge in [-0.05, 0) is 18.2 Å². The summed E-state index contributed by atoms with van der Waals surface area (Å²) in [5.41, 5.74) is 5.57. The maximum atomic E-state index is 13.4. The van der Waals surface area contributed by atoms with Gasteiger partial charge in [-0.3, -0.25) is 9.59 Å². The third-order valence-corrected chi connectivity index (χ3v) is 2.55. The van der Waals surface area contributed by atoms with Crippen LogP contribution in [0.15, 0.2) is 18.2 Å². The van der Waals surface area contributed by atoms with Gasteiger partial charge in [-0.1, -0.05) is 0 Å². The summed E-state index contributed by atoms with van der Waals surface area (Å²) in [4.78, 5) is 22.6. The summed E-state index contributed by atoms with van der Waals surface area (Å²) >= 11 is 0. The summed E-state index contributed by atoms with van der Waals surface area (Å²) in [7, 11) is 0. The Hall–Kier alpha value is -2.11. The van der Waals surface area contributed by atoms with Crippen LogP contribution in [0.2, 0.25) is 0 Å². The number of nitrogen functional groups attached to an aromatic ring is 1. The molecule has 0 radical (unpaired) electrons. The minimum Gasteiger partial charge on any atom is -0.399 e. The molecule has 1 aliphatic rings. The average Bonchev–Trinajstić information content (AvgIpc) is 2.63. The van der Waals surface area contributed by atoms with E-state index in [1.54, 1.807) is 0 Å². The zero-order valence-electron chi connectivity index (χ0n) is 9.00. The van der Waals surface area contributed by atoms with E-state index in [0.717, 1.165) is 6.07 Å². The van der Waals surface area contributed by atoms with Crippen molar-refractivity contribution in [2.75, 3.05) is 12.3 Å². The second kappa shape index (κ2) is 4.40. The lowest BCUT2D eigenvalue weighted by Gasteiger charge is -2.11. The molecule has 2 amide bonds. The molecule has 1 heterocycles. The molecule has 1 saturated heterocycles. The molecular formula is C11H12FN3O2. The quantitative estimate of drug-likeness (QED) is 0.634. The van der Waals surface area contributed by atoms with E-state index in [0.29, 0.717) is 6.54 Å². The number of carbonyl (C=O) groups excluding carboxylic acids is 2. The van der Waals surface area contributed by atoms with Gasteiger partial charge in [-0.2, -0.15) is 0 Å². The maximum Gasteiger partial charge on any atom is 0.254 e. The van der Waals surface area contributed by atoms with Crippen LogP contribution in [0.3, 0.4) is 0 Å². The molecule has 1 atom stereocenters. The van der Waals surface area contributed by atoms with Crippen LogP contribution in [-0.4, -0.2) is 24.4 Å². The van der Waals surface area contributed by atoms with Crippen molar-refractivity contribution in [1.82, 2.24) is 10.6 Å². The first-order valence-corrected chi connectivity index (χ1v) is 5.19. The fraction of sp³-hybridized carbons (Fsp3) is 0.273. The largest absolute Gasteiger partial charge is 0.399 e. The Morgan fingerprint density at radius 2 is 2.29 bits per heavy atom. The van der Waals surface area contributed by atoms with E-state index in [9.17, 15) is 14.0 Å². The molecule has 1 aromatic carbocycles. The first-order valence-electron chi connectivity index (χ1n) is 5.19. The Morgan fingerprint density at radius 3 is 2.88 bits per heavy atom. The Kier molecular flexibility index (Phi) is 2.95. The predicted molar refractivity (Wildman–Crippen MR) is 59.7 cm³/mol. The normalized spacial score (nSPS) is 18.9. The highest BCUT2D eigenvalue weighted by atomic mass is 19.1. The molecule has 0 bridgehead atoms. The monoisotopic (exact) mass is 237 g/mol. The van der Waals surface area contributed by atoms with E-state index < -0.39 is 11.7 Å². The first-order chi connectivity index (χ1) is 8.06.